The number of aryl methyl sites for hydroxylation is 2. The van der Waals surface area contributed by atoms with Crippen LogP contribution in [-0.4, -0.2) is 26.2 Å². The summed E-state index contributed by atoms with van der Waals surface area (Å²) in [6.07, 6.45) is 0. The van der Waals surface area contributed by atoms with E-state index in [0.717, 1.165) is 11.8 Å². The van der Waals surface area contributed by atoms with Crippen molar-refractivity contribution < 1.29 is 0 Å². The summed E-state index contributed by atoms with van der Waals surface area (Å²) in [5.74, 6) is 1.75. The monoisotopic (exact) mass is 216 g/mol. The number of hydrogen-bond acceptors (Lipinski definition) is 2. The van der Waals surface area contributed by atoms with Gasteiger partial charge >= 0.3 is 0 Å². The predicted octanol–water partition coefficient (Wildman–Crippen LogP) is 1.96. The van der Waals surface area contributed by atoms with Crippen molar-refractivity contribution >= 4 is 5.69 Å². The van der Waals surface area contributed by atoms with E-state index in [1.165, 1.54) is 43.0 Å². The highest BCUT2D eigenvalue weighted by Crippen LogP contribution is 2.32. The smallest absolute Gasteiger partial charge is 0.0398 e. The van der Waals surface area contributed by atoms with Crippen molar-refractivity contribution in [2.75, 3.05) is 31.1 Å². The molecule has 1 aromatic carbocycles. The van der Waals surface area contributed by atoms with E-state index < -0.39 is 0 Å². The van der Waals surface area contributed by atoms with Gasteiger partial charge in [0.15, 0.2) is 0 Å². The lowest BCUT2D eigenvalue weighted by Gasteiger charge is -2.22. The molecule has 2 heterocycles. The maximum absolute atomic E-state index is 3.50. The fourth-order valence-corrected chi connectivity index (χ4v) is 3.11. The highest BCUT2D eigenvalue weighted by molar-refractivity contribution is 5.55. The van der Waals surface area contributed by atoms with Crippen LogP contribution in [0.15, 0.2) is 18.2 Å². The molecule has 0 spiro atoms. The molecule has 2 nitrogen and oxygen atoms in total. The Morgan fingerprint density at radius 1 is 1.12 bits per heavy atom. The topological polar surface area (TPSA) is 15.3 Å². The SMILES string of the molecule is Cc1ccc(C)c(N2CC3CNCC3C2)c1. The van der Waals surface area contributed by atoms with Gasteiger partial charge in [-0.1, -0.05) is 12.1 Å². The van der Waals surface area contributed by atoms with Crippen molar-refractivity contribution in [2.24, 2.45) is 11.8 Å². The molecule has 0 bridgehead atoms. The van der Waals surface area contributed by atoms with Crippen LogP contribution in [0.1, 0.15) is 11.1 Å². The normalized spacial score (nSPS) is 28.5. The summed E-state index contributed by atoms with van der Waals surface area (Å²) < 4.78 is 0. The Hall–Kier alpha value is -1.02. The van der Waals surface area contributed by atoms with Crippen LogP contribution in [0.4, 0.5) is 5.69 Å². The number of rotatable bonds is 1. The van der Waals surface area contributed by atoms with Crippen molar-refractivity contribution in [2.45, 2.75) is 13.8 Å². The number of nitrogens with zero attached hydrogens (tertiary/aromatic N) is 1. The van der Waals surface area contributed by atoms with Gasteiger partial charge in [-0.2, -0.15) is 0 Å². The molecule has 0 radical (unpaired) electrons. The van der Waals surface area contributed by atoms with E-state index in [9.17, 15) is 0 Å². The van der Waals surface area contributed by atoms with Crippen LogP contribution in [0.25, 0.3) is 0 Å². The van der Waals surface area contributed by atoms with Gasteiger partial charge in [0, 0.05) is 31.9 Å². The molecule has 1 aromatic rings. The fraction of sp³-hybridized carbons (Fsp3) is 0.571. The predicted molar refractivity (Wildman–Crippen MR) is 68.0 cm³/mol. The summed E-state index contributed by atoms with van der Waals surface area (Å²) in [4.78, 5) is 2.58. The summed E-state index contributed by atoms with van der Waals surface area (Å²) in [5, 5.41) is 3.50. The van der Waals surface area contributed by atoms with Gasteiger partial charge in [-0.15, -0.1) is 0 Å². The minimum absolute atomic E-state index is 0.875. The lowest BCUT2D eigenvalue weighted by atomic mass is 10.0. The van der Waals surface area contributed by atoms with Gasteiger partial charge in [0.05, 0.1) is 0 Å². The summed E-state index contributed by atoms with van der Waals surface area (Å²) in [7, 11) is 0. The van der Waals surface area contributed by atoms with Gasteiger partial charge < -0.3 is 10.2 Å². The largest absolute Gasteiger partial charge is 0.371 e. The minimum Gasteiger partial charge on any atom is -0.371 e. The lowest BCUT2D eigenvalue weighted by Crippen LogP contribution is -2.26. The number of benzene rings is 1. The van der Waals surface area contributed by atoms with E-state index in [1.807, 2.05) is 0 Å². The molecule has 0 aromatic heterocycles. The first kappa shape index (κ1) is 10.2. The second-order valence-corrected chi connectivity index (χ2v) is 5.37. The second kappa shape index (κ2) is 3.77. The average molecular weight is 216 g/mol. The molecule has 2 atom stereocenters. The second-order valence-electron chi connectivity index (χ2n) is 5.37. The summed E-state index contributed by atoms with van der Waals surface area (Å²) in [5.41, 5.74) is 4.24. The van der Waals surface area contributed by atoms with Gasteiger partial charge in [-0.05, 0) is 42.9 Å². The molecule has 2 heteroatoms. The quantitative estimate of drug-likeness (QED) is 0.772. The third kappa shape index (κ3) is 1.61. The molecule has 2 saturated heterocycles. The minimum atomic E-state index is 0.875. The van der Waals surface area contributed by atoms with Crippen LogP contribution in [0.3, 0.4) is 0 Å². The third-order valence-corrected chi connectivity index (χ3v) is 4.09. The molecule has 2 aliphatic rings. The number of fused-ring (bicyclic) bond motifs is 1. The molecule has 0 aliphatic carbocycles. The molecular weight excluding hydrogens is 196 g/mol. The first-order valence-electron chi connectivity index (χ1n) is 6.27. The maximum Gasteiger partial charge on any atom is 0.0398 e. The average Bonchev–Trinajstić information content (AvgIpc) is 2.81. The zero-order chi connectivity index (χ0) is 11.1. The van der Waals surface area contributed by atoms with Gasteiger partial charge in [0.2, 0.25) is 0 Å². The van der Waals surface area contributed by atoms with Crippen LogP contribution < -0.4 is 10.2 Å². The van der Waals surface area contributed by atoms with Crippen LogP contribution >= 0.6 is 0 Å². The van der Waals surface area contributed by atoms with Crippen molar-refractivity contribution in [1.29, 1.82) is 0 Å². The number of nitrogens with one attached hydrogen (secondary N) is 1. The van der Waals surface area contributed by atoms with Crippen LogP contribution in [-0.2, 0) is 0 Å². The third-order valence-electron chi connectivity index (χ3n) is 4.09. The van der Waals surface area contributed by atoms with E-state index >= 15 is 0 Å². The van der Waals surface area contributed by atoms with Gasteiger partial charge in [0.25, 0.3) is 0 Å². The lowest BCUT2D eigenvalue weighted by molar-refractivity contribution is 0.533. The van der Waals surface area contributed by atoms with E-state index in [4.69, 9.17) is 0 Å². The van der Waals surface area contributed by atoms with Crippen LogP contribution in [0.2, 0.25) is 0 Å². The molecule has 0 amide bonds. The van der Waals surface area contributed by atoms with Gasteiger partial charge in [-0.25, -0.2) is 0 Å². The molecule has 16 heavy (non-hydrogen) atoms. The van der Waals surface area contributed by atoms with Crippen LogP contribution in [0.5, 0.6) is 0 Å². The Morgan fingerprint density at radius 2 is 1.81 bits per heavy atom. The molecule has 3 rings (SSSR count). The Labute approximate surface area is 97.6 Å². The molecule has 2 fully saturated rings. The van der Waals surface area contributed by atoms with Crippen molar-refractivity contribution in [1.82, 2.24) is 5.32 Å². The number of hydrogen-bond donors (Lipinski definition) is 1. The van der Waals surface area contributed by atoms with Crippen molar-refractivity contribution in [3.8, 4) is 0 Å². The first-order chi connectivity index (χ1) is 7.74. The Balaban J connectivity index is 1.85. The molecule has 1 N–H and O–H groups in total. The fourth-order valence-electron chi connectivity index (χ4n) is 3.11. The van der Waals surface area contributed by atoms with Gasteiger partial charge in [0.1, 0.15) is 0 Å². The Bertz CT molecular complexity index is 388. The standard InChI is InChI=1S/C14H20N2/c1-10-3-4-11(2)14(5-10)16-8-12-6-15-7-13(12)9-16/h3-5,12-13,15H,6-9H2,1-2H3. The molecular formula is C14H20N2. The maximum atomic E-state index is 3.50. The summed E-state index contributed by atoms with van der Waals surface area (Å²) >= 11 is 0. The summed E-state index contributed by atoms with van der Waals surface area (Å²) in [6, 6.07) is 6.79. The van der Waals surface area contributed by atoms with Crippen molar-refractivity contribution in [3.63, 3.8) is 0 Å². The summed E-state index contributed by atoms with van der Waals surface area (Å²) in [6.45, 7) is 9.31. The highest BCUT2D eigenvalue weighted by atomic mass is 15.2. The molecule has 0 saturated carbocycles. The highest BCUT2D eigenvalue weighted by Gasteiger charge is 2.36. The van der Waals surface area contributed by atoms with E-state index in [-0.39, 0.29) is 0 Å². The Kier molecular flexibility index (Phi) is 2.40. The number of anilines is 1. The zero-order valence-electron chi connectivity index (χ0n) is 10.2. The van der Waals surface area contributed by atoms with E-state index in [2.05, 4.69) is 42.3 Å². The van der Waals surface area contributed by atoms with Gasteiger partial charge in [-0.3, -0.25) is 0 Å². The zero-order valence-corrected chi connectivity index (χ0v) is 10.2. The first-order valence-corrected chi connectivity index (χ1v) is 6.27. The van der Waals surface area contributed by atoms with Crippen molar-refractivity contribution in [3.05, 3.63) is 29.3 Å². The molecule has 2 unspecified atom stereocenters. The molecule has 2 aliphatic heterocycles. The van der Waals surface area contributed by atoms with Crippen LogP contribution in [0, 0.1) is 25.7 Å². The van der Waals surface area contributed by atoms with E-state index in [1.54, 1.807) is 0 Å². The Morgan fingerprint density at radius 3 is 2.50 bits per heavy atom. The van der Waals surface area contributed by atoms with E-state index in [0.29, 0.717) is 0 Å². The molecule has 86 valence electrons.